The van der Waals surface area contributed by atoms with E-state index in [1.54, 1.807) is 24.4 Å². The van der Waals surface area contributed by atoms with Crippen LogP contribution in [0.25, 0.3) is 0 Å². The van der Waals surface area contributed by atoms with Crippen molar-refractivity contribution in [3.05, 3.63) is 86.6 Å². The van der Waals surface area contributed by atoms with E-state index in [-0.39, 0.29) is 11.7 Å². The highest BCUT2D eigenvalue weighted by Crippen LogP contribution is 2.19. The molecule has 0 bridgehead atoms. The summed E-state index contributed by atoms with van der Waals surface area (Å²) in [5.74, 6) is -0.402. The van der Waals surface area contributed by atoms with Crippen LogP contribution < -0.4 is 10.6 Å². The number of carbonyl (C=O) groups is 1. The largest absolute Gasteiger partial charge is 0.347 e. The van der Waals surface area contributed by atoms with Crippen LogP contribution in [0.15, 0.2) is 48.7 Å². The lowest BCUT2D eigenvalue weighted by atomic mass is 10.1. The molecule has 0 aliphatic carbocycles. The lowest BCUT2D eigenvalue weighted by Crippen LogP contribution is -2.21. The predicted octanol–water partition coefficient (Wildman–Crippen LogP) is 3.41. The number of halogens is 1. The monoisotopic (exact) mass is 367 g/mol. The smallest absolute Gasteiger partial charge is 0.263 e. The van der Waals surface area contributed by atoms with Gasteiger partial charge in [0.15, 0.2) is 0 Å². The third-order valence-electron chi connectivity index (χ3n) is 4.43. The molecule has 0 radical (unpaired) electrons. The number of nitrogens with zero attached hydrogens (tertiary/aromatic N) is 1. The van der Waals surface area contributed by atoms with Gasteiger partial charge in [-0.15, -0.1) is 11.3 Å². The molecule has 3 aromatic rings. The summed E-state index contributed by atoms with van der Waals surface area (Å²) < 4.78 is 13.7. The van der Waals surface area contributed by atoms with Gasteiger partial charge in [0.25, 0.3) is 5.91 Å². The van der Waals surface area contributed by atoms with E-state index in [1.807, 2.05) is 6.07 Å². The van der Waals surface area contributed by atoms with Crippen molar-refractivity contribution in [2.75, 3.05) is 0 Å². The molecule has 1 aromatic heterocycles. The zero-order valence-electron chi connectivity index (χ0n) is 14.1. The van der Waals surface area contributed by atoms with E-state index in [0.717, 1.165) is 23.7 Å². The van der Waals surface area contributed by atoms with E-state index < -0.39 is 0 Å². The highest BCUT2D eigenvalue weighted by atomic mass is 32.1. The molecule has 0 fully saturated rings. The Morgan fingerprint density at radius 2 is 2.04 bits per heavy atom. The van der Waals surface area contributed by atoms with Gasteiger partial charge in [-0.2, -0.15) is 0 Å². The first-order valence-corrected chi connectivity index (χ1v) is 9.28. The molecule has 0 saturated carbocycles. The maximum absolute atomic E-state index is 13.7. The van der Waals surface area contributed by atoms with E-state index in [2.05, 4.69) is 27.8 Å². The topological polar surface area (TPSA) is 54.0 Å². The first-order valence-electron chi connectivity index (χ1n) is 8.47. The van der Waals surface area contributed by atoms with Crippen molar-refractivity contribution in [3.63, 3.8) is 0 Å². The van der Waals surface area contributed by atoms with Gasteiger partial charge >= 0.3 is 0 Å². The van der Waals surface area contributed by atoms with E-state index in [9.17, 15) is 9.18 Å². The van der Waals surface area contributed by atoms with Gasteiger partial charge in [-0.25, -0.2) is 9.37 Å². The molecule has 1 aliphatic rings. The van der Waals surface area contributed by atoms with Crippen molar-refractivity contribution < 1.29 is 9.18 Å². The van der Waals surface area contributed by atoms with Crippen LogP contribution in [0, 0.1) is 5.82 Å². The quantitative estimate of drug-likeness (QED) is 0.727. The van der Waals surface area contributed by atoms with Gasteiger partial charge in [0.05, 0.1) is 11.2 Å². The van der Waals surface area contributed by atoms with Crippen molar-refractivity contribution in [1.82, 2.24) is 15.6 Å². The number of carbonyl (C=O) groups excluding carboxylic acids is 1. The van der Waals surface area contributed by atoms with Crippen molar-refractivity contribution >= 4 is 17.2 Å². The minimum Gasteiger partial charge on any atom is -0.347 e. The van der Waals surface area contributed by atoms with Crippen LogP contribution in [0.3, 0.4) is 0 Å². The molecule has 6 heteroatoms. The lowest BCUT2D eigenvalue weighted by Gasteiger charge is -2.06. The van der Waals surface area contributed by atoms with Crippen LogP contribution in [-0.2, 0) is 26.1 Å². The molecule has 26 heavy (non-hydrogen) atoms. The van der Waals surface area contributed by atoms with E-state index in [1.165, 1.54) is 28.5 Å². The summed E-state index contributed by atoms with van der Waals surface area (Å²) in [5.41, 5.74) is 4.28. The standard InChI is InChI=1S/C20H18FN3OS/c21-17-4-2-1-3-14(17)8-19-23-12-18(26-19)20(25)24-9-13-5-6-15-10-22-11-16(15)7-13/h1-7,12,22H,8-11H2,(H,24,25). The fourth-order valence-corrected chi connectivity index (χ4v) is 3.89. The molecule has 1 aliphatic heterocycles. The lowest BCUT2D eigenvalue weighted by molar-refractivity contribution is 0.0954. The molecule has 2 N–H and O–H groups in total. The number of fused-ring (bicyclic) bond motifs is 1. The summed E-state index contributed by atoms with van der Waals surface area (Å²) in [6.07, 6.45) is 1.95. The van der Waals surface area contributed by atoms with Gasteiger partial charge in [-0.3, -0.25) is 4.79 Å². The summed E-state index contributed by atoms with van der Waals surface area (Å²) >= 11 is 1.30. The molecule has 1 amide bonds. The first-order chi connectivity index (χ1) is 12.7. The molecule has 4 nitrogen and oxygen atoms in total. The predicted molar refractivity (Wildman–Crippen MR) is 99.5 cm³/mol. The second-order valence-corrected chi connectivity index (χ2v) is 7.39. The second kappa shape index (κ2) is 7.35. The molecule has 0 atom stereocenters. The van der Waals surface area contributed by atoms with Gasteiger partial charge in [0.2, 0.25) is 0 Å². The summed E-state index contributed by atoms with van der Waals surface area (Å²) in [6, 6.07) is 12.9. The van der Waals surface area contributed by atoms with Crippen LogP contribution in [0.1, 0.15) is 36.9 Å². The van der Waals surface area contributed by atoms with E-state index >= 15 is 0 Å². The van der Waals surface area contributed by atoms with Gasteiger partial charge in [-0.05, 0) is 28.3 Å². The Bertz CT molecular complexity index is 954. The summed E-state index contributed by atoms with van der Waals surface area (Å²) in [4.78, 5) is 17.2. The molecule has 0 spiro atoms. The van der Waals surface area contributed by atoms with E-state index in [4.69, 9.17) is 0 Å². The number of hydrogen-bond donors (Lipinski definition) is 2. The fraction of sp³-hybridized carbons (Fsp3) is 0.200. The van der Waals surface area contributed by atoms with Crippen LogP contribution in [0.2, 0.25) is 0 Å². The zero-order valence-corrected chi connectivity index (χ0v) is 14.9. The molecule has 4 rings (SSSR count). The summed E-state index contributed by atoms with van der Waals surface area (Å²) in [5, 5.41) is 6.97. The zero-order chi connectivity index (χ0) is 17.9. The molecule has 2 aromatic carbocycles. The number of thiazole rings is 1. The third kappa shape index (κ3) is 3.66. The molecule has 0 unspecified atom stereocenters. The molecule has 2 heterocycles. The number of hydrogen-bond acceptors (Lipinski definition) is 4. The first kappa shape index (κ1) is 16.9. The normalized spacial score (nSPS) is 12.8. The van der Waals surface area contributed by atoms with Crippen LogP contribution in [0.5, 0.6) is 0 Å². The fourth-order valence-electron chi connectivity index (χ4n) is 3.03. The molecular weight excluding hydrogens is 349 g/mol. The summed E-state index contributed by atoms with van der Waals surface area (Å²) in [6.45, 7) is 2.27. The van der Waals surface area contributed by atoms with Gasteiger partial charge in [0, 0.05) is 26.1 Å². The van der Waals surface area contributed by atoms with Crippen molar-refractivity contribution in [2.45, 2.75) is 26.1 Å². The second-order valence-electron chi connectivity index (χ2n) is 6.28. The molecule has 132 valence electrons. The Morgan fingerprint density at radius 3 is 2.92 bits per heavy atom. The molecular formula is C20H18FN3OS. The van der Waals surface area contributed by atoms with Crippen molar-refractivity contribution in [2.24, 2.45) is 0 Å². The van der Waals surface area contributed by atoms with Crippen molar-refractivity contribution in [3.8, 4) is 0 Å². The van der Waals surface area contributed by atoms with Gasteiger partial charge in [-0.1, -0.05) is 36.4 Å². The van der Waals surface area contributed by atoms with Crippen molar-refractivity contribution in [1.29, 1.82) is 0 Å². The maximum Gasteiger partial charge on any atom is 0.263 e. The molecule has 0 saturated heterocycles. The average molecular weight is 367 g/mol. The minimum atomic E-state index is -0.250. The van der Waals surface area contributed by atoms with Crippen LogP contribution in [0.4, 0.5) is 4.39 Å². The highest BCUT2D eigenvalue weighted by Gasteiger charge is 2.13. The van der Waals surface area contributed by atoms with Crippen LogP contribution in [-0.4, -0.2) is 10.9 Å². The number of benzene rings is 2. The van der Waals surface area contributed by atoms with Gasteiger partial charge < -0.3 is 10.6 Å². The SMILES string of the molecule is O=C(NCc1ccc2c(c1)CNC2)c1cnc(Cc2ccccc2F)s1. The van der Waals surface area contributed by atoms with Crippen LogP contribution >= 0.6 is 11.3 Å². The Hall–Kier alpha value is -2.57. The maximum atomic E-state index is 13.7. The summed E-state index contributed by atoms with van der Waals surface area (Å²) in [7, 11) is 0. The Labute approximate surface area is 155 Å². The highest BCUT2D eigenvalue weighted by molar-refractivity contribution is 7.13. The Morgan fingerprint density at radius 1 is 1.19 bits per heavy atom. The minimum absolute atomic E-state index is 0.152. The Balaban J connectivity index is 1.38. The van der Waals surface area contributed by atoms with Gasteiger partial charge in [0.1, 0.15) is 10.7 Å². The Kier molecular flexibility index (Phi) is 4.77. The number of aromatic nitrogens is 1. The van der Waals surface area contributed by atoms with E-state index in [0.29, 0.717) is 23.4 Å². The third-order valence-corrected chi connectivity index (χ3v) is 5.43. The number of nitrogens with one attached hydrogen (secondary N) is 2. The average Bonchev–Trinajstić information content (AvgIpc) is 3.30. The number of rotatable bonds is 5. The number of amides is 1.